The topological polar surface area (TPSA) is 24.4 Å². The van der Waals surface area contributed by atoms with E-state index in [1.165, 1.54) is 5.56 Å². The van der Waals surface area contributed by atoms with Gasteiger partial charge in [0.2, 0.25) is 0 Å². The average molecular weight is 299 g/mol. The molecule has 0 saturated carbocycles. The molecule has 0 amide bonds. The van der Waals surface area contributed by atoms with Crippen molar-refractivity contribution in [1.29, 1.82) is 0 Å². The fourth-order valence-corrected chi connectivity index (χ4v) is 3.08. The molecule has 4 heteroatoms. The molecular formula is C12H15BrN2S. The van der Waals surface area contributed by atoms with E-state index in [1.54, 1.807) is 11.8 Å². The number of anilines is 1. The predicted molar refractivity (Wildman–Crippen MR) is 76.4 cm³/mol. The van der Waals surface area contributed by atoms with Crippen molar-refractivity contribution < 1.29 is 0 Å². The summed E-state index contributed by atoms with van der Waals surface area (Å²) >= 11 is 5.30. The Balaban J connectivity index is 2.09. The highest BCUT2D eigenvalue weighted by Gasteiger charge is 2.12. The van der Waals surface area contributed by atoms with Crippen LogP contribution in [0.3, 0.4) is 0 Å². The van der Waals surface area contributed by atoms with E-state index in [-0.39, 0.29) is 0 Å². The molecular weight excluding hydrogens is 284 g/mol. The summed E-state index contributed by atoms with van der Waals surface area (Å²) in [6.45, 7) is 5.26. The van der Waals surface area contributed by atoms with Crippen molar-refractivity contribution in [1.82, 2.24) is 0 Å². The van der Waals surface area contributed by atoms with Gasteiger partial charge in [-0.2, -0.15) is 0 Å². The molecule has 2 nitrogen and oxygen atoms in total. The van der Waals surface area contributed by atoms with Gasteiger partial charge in [0.25, 0.3) is 0 Å². The minimum Gasteiger partial charge on any atom is -0.335 e. The molecule has 1 heterocycles. The molecule has 1 N–H and O–H groups in total. The fraction of sp³-hybridized carbons (Fsp3) is 0.417. The normalized spacial score (nSPS) is 20.4. The van der Waals surface area contributed by atoms with Crippen LogP contribution in [0.2, 0.25) is 0 Å². The summed E-state index contributed by atoms with van der Waals surface area (Å²) in [4.78, 5) is 4.52. The van der Waals surface area contributed by atoms with Gasteiger partial charge in [-0.05, 0) is 36.6 Å². The van der Waals surface area contributed by atoms with Crippen molar-refractivity contribution in [2.75, 3.05) is 17.6 Å². The van der Waals surface area contributed by atoms with E-state index in [1.807, 2.05) is 0 Å². The van der Waals surface area contributed by atoms with Crippen LogP contribution < -0.4 is 5.32 Å². The second kappa shape index (κ2) is 5.23. The number of amidine groups is 1. The van der Waals surface area contributed by atoms with Gasteiger partial charge in [-0.1, -0.05) is 34.6 Å². The number of thioether (sulfide) groups is 1. The van der Waals surface area contributed by atoms with E-state index in [2.05, 4.69) is 58.3 Å². The zero-order valence-corrected chi connectivity index (χ0v) is 11.9. The van der Waals surface area contributed by atoms with Gasteiger partial charge in [-0.3, -0.25) is 4.99 Å². The third kappa shape index (κ3) is 3.25. The third-order valence-corrected chi connectivity index (χ3v) is 4.04. The zero-order valence-electron chi connectivity index (χ0n) is 9.46. The molecule has 0 bridgehead atoms. The van der Waals surface area contributed by atoms with Crippen LogP contribution in [-0.2, 0) is 0 Å². The standard InChI is InChI=1S/C12H15BrN2S/c1-8-3-10(13)5-11(4-8)15-12-14-6-9(2)7-16-12/h3-5,9H,6-7H2,1-2H3,(H,14,15). The summed E-state index contributed by atoms with van der Waals surface area (Å²) in [5.74, 6) is 1.85. The van der Waals surface area contributed by atoms with E-state index in [9.17, 15) is 0 Å². The molecule has 16 heavy (non-hydrogen) atoms. The van der Waals surface area contributed by atoms with Gasteiger partial charge in [0.15, 0.2) is 5.17 Å². The number of benzene rings is 1. The molecule has 0 aliphatic carbocycles. The number of nitrogens with zero attached hydrogens (tertiary/aromatic N) is 1. The first kappa shape index (κ1) is 12.0. The molecule has 1 aliphatic heterocycles. The molecule has 0 spiro atoms. The van der Waals surface area contributed by atoms with Crippen molar-refractivity contribution in [2.24, 2.45) is 10.9 Å². The van der Waals surface area contributed by atoms with Gasteiger partial charge in [0.05, 0.1) is 0 Å². The summed E-state index contributed by atoms with van der Waals surface area (Å²) in [5.41, 5.74) is 2.35. The van der Waals surface area contributed by atoms with Crippen LogP contribution in [0, 0.1) is 12.8 Å². The van der Waals surface area contributed by atoms with Crippen LogP contribution in [0.1, 0.15) is 12.5 Å². The third-order valence-electron chi connectivity index (χ3n) is 2.34. The zero-order chi connectivity index (χ0) is 11.5. The lowest BCUT2D eigenvalue weighted by Crippen LogP contribution is -2.18. The summed E-state index contributed by atoms with van der Waals surface area (Å²) in [7, 11) is 0. The Morgan fingerprint density at radius 3 is 2.88 bits per heavy atom. The van der Waals surface area contributed by atoms with Gasteiger partial charge in [0, 0.05) is 22.5 Å². The maximum Gasteiger partial charge on any atom is 0.161 e. The van der Waals surface area contributed by atoms with Crippen molar-refractivity contribution in [3.8, 4) is 0 Å². The summed E-state index contributed by atoms with van der Waals surface area (Å²) in [6, 6.07) is 6.31. The summed E-state index contributed by atoms with van der Waals surface area (Å²) in [6.07, 6.45) is 0. The number of aryl methyl sites for hydroxylation is 1. The highest BCUT2D eigenvalue weighted by Crippen LogP contribution is 2.23. The first-order valence-corrected chi connectivity index (χ1v) is 7.13. The molecule has 0 radical (unpaired) electrons. The summed E-state index contributed by atoms with van der Waals surface area (Å²) in [5, 5.41) is 4.40. The van der Waals surface area contributed by atoms with Crippen molar-refractivity contribution in [2.45, 2.75) is 13.8 Å². The Kier molecular flexibility index (Phi) is 3.92. The molecule has 1 atom stereocenters. The minimum atomic E-state index is 0.694. The lowest BCUT2D eigenvalue weighted by atomic mass is 10.2. The monoisotopic (exact) mass is 298 g/mol. The van der Waals surface area contributed by atoms with Crippen LogP contribution in [0.4, 0.5) is 5.69 Å². The Labute approximate surface area is 109 Å². The Morgan fingerprint density at radius 1 is 1.44 bits per heavy atom. The quantitative estimate of drug-likeness (QED) is 0.850. The first-order valence-electron chi connectivity index (χ1n) is 5.35. The Bertz CT molecular complexity index is 397. The molecule has 1 aromatic rings. The number of rotatable bonds is 1. The minimum absolute atomic E-state index is 0.694. The maximum absolute atomic E-state index is 4.52. The molecule has 86 valence electrons. The van der Waals surface area contributed by atoms with E-state index < -0.39 is 0 Å². The molecule has 0 aromatic heterocycles. The SMILES string of the molecule is Cc1cc(Br)cc(NC2=NCC(C)CS2)c1. The van der Waals surface area contributed by atoms with E-state index in [4.69, 9.17) is 0 Å². The van der Waals surface area contributed by atoms with Crippen LogP contribution in [0.5, 0.6) is 0 Å². The number of hydrogen-bond donors (Lipinski definition) is 1. The van der Waals surface area contributed by atoms with Gasteiger partial charge in [0.1, 0.15) is 0 Å². The van der Waals surface area contributed by atoms with Gasteiger partial charge >= 0.3 is 0 Å². The van der Waals surface area contributed by atoms with E-state index in [0.717, 1.165) is 27.6 Å². The number of nitrogens with one attached hydrogen (secondary N) is 1. The van der Waals surface area contributed by atoms with Crippen molar-refractivity contribution in [3.05, 3.63) is 28.2 Å². The van der Waals surface area contributed by atoms with E-state index >= 15 is 0 Å². The Hall–Kier alpha value is -0.480. The van der Waals surface area contributed by atoms with Gasteiger partial charge in [-0.25, -0.2) is 0 Å². The second-order valence-electron chi connectivity index (χ2n) is 4.20. The van der Waals surface area contributed by atoms with Crippen LogP contribution in [-0.4, -0.2) is 17.5 Å². The molecule has 2 rings (SSSR count). The smallest absolute Gasteiger partial charge is 0.161 e. The summed E-state index contributed by atoms with van der Waals surface area (Å²) < 4.78 is 1.10. The highest BCUT2D eigenvalue weighted by atomic mass is 79.9. The fourth-order valence-electron chi connectivity index (χ4n) is 1.57. The van der Waals surface area contributed by atoms with Crippen molar-refractivity contribution >= 4 is 38.5 Å². The molecule has 0 fully saturated rings. The maximum atomic E-state index is 4.52. The predicted octanol–water partition coefficient (Wildman–Crippen LogP) is 3.91. The Morgan fingerprint density at radius 2 is 2.25 bits per heavy atom. The van der Waals surface area contributed by atoms with Crippen LogP contribution >= 0.6 is 27.7 Å². The van der Waals surface area contributed by atoms with Gasteiger partial charge in [-0.15, -0.1) is 0 Å². The lowest BCUT2D eigenvalue weighted by molar-refractivity contribution is 0.674. The molecule has 0 saturated heterocycles. The van der Waals surface area contributed by atoms with E-state index in [0.29, 0.717) is 5.92 Å². The molecule has 1 aliphatic rings. The largest absolute Gasteiger partial charge is 0.335 e. The molecule has 1 aromatic carbocycles. The number of halogens is 1. The van der Waals surface area contributed by atoms with Crippen LogP contribution in [0.25, 0.3) is 0 Å². The average Bonchev–Trinajstić information content (AvgIpc) is 2.20. The van der Waals surface area contributed by atoms with Crippen LogP contribution in [0.15, 0.2) is 27.7 Å². The number of aliphatic imine (C=N–C) groups is 1. The van der Waals surface area contributed by atoms with Crippen molar-refractivity contribution in [3.63, 3.8) is 0 Å². The second-order valence-corrected chi connectivity index (χ2v) is 6.13. The molecule has 1 unspecified atom stereocenters. The number of hydrogen-bond acceptors (Lipinski definition) is 3. The lowest BCUT2D eigenvalue weighted by Gasteiger charge is -2.18. The highest BCUT2D eigenvalue weighted by molar-refractivity contribution is 9.10. The first-order chi connectivity index (χ1) is 7.63. The van der Waals surface area contributed by atoms with Gasteiger partial charge < -0.3 is 5.32 Å².